The smallest absolute Gasteiger partial charge is 0.185 e. The van der Waals surface area contributed by atoms with E-state index < -0.39 is 0 Å². The number of carbonyl (C=O) groups is 2. The summed E-state index contributed by atoms with van der Waals surface area (Å²) in [5.74, 6) is -0.0400. The van der Waals surface area contributed by atoms with Gasteiger partial charge in [0.15, 0.2) is 11.6 Å². The van der Waals surface area contributed by atoms with Gasteiger partial charge in [0.2, 0.25) is 0 Å². The van der Waals surface area contributed by atoms with Crippen molar-refractivity contribution in [3.63, 3.8) is 0 Å². The minimum absolute atomic E-state index is 0.000185. The van der Waals surface area contributed by atoms with Gasteiger partial charge in [-0.05, 0) is 33.3 Å². The van der Waals surface area contributed by atoms with Crippen LogP contribution in [0.25, 0.3) is 0 Å². The summed E-state index contributed by atoms with van der Waals surface area (Å²) in [6.45, 7) is 5.29. The van der Waals surface area contributed by atoms with E-state index in [9.17, 15) is 9.59 Å². The number of hydrogen-bond donors (Lipinski definition) is 0. The molecule has 1 aliphatic rings. The summed E-state index contributed by atoms with van der Waals surface area (Å²) in [7, 11) is 0. The summed E-state index contributed by atoms with van der Waals surface area (Å²) >= 11 is 0. The normalized spacial score (nSPS) is 18.1. The maximum absolute atomic E-state index is 11.7. The zero-order valence-electron chi connectivity index (χ0n) is 8.76. The molecule has 2 nitrogen and oxygen atoms in total. The van der Waals surface area contributed by atoms with Crippen LogP contribution in [-0.2, 0) is 9.59 Å². The Hall–Kier alpha value is -1.44. The van der Waals surface area contributed by atoms with Crippen LogP contribution in [-0.4, -0.2) is 11.6 Å². The molecule has 0 aliphatic heterocycles. The van der Waals surface area contributed by atoms with Crippen LogP contribution in [0.15, 0.2) is 34.9 Å². The molecule has 0 fully saturated rings. The fourth-order valence-corrected chi connectivity index (χ4v) is 1.41. The Morgan fingerprint density at radius 3 is 2.50 bits per heavy atom. The first-order valence-corrected chi connectivity index (χ1v) is 4.66. The largest absolute Gasteiger partial charge is 0.290 e. The molecule has 0 saturated heterocycles. The van der Waals surface area contributed by atoms with Gasteiger partial charge in [-0.15, -0.1) is 0 Å². The Bertz CT molecular complexity index is 368. The van der Waals surface area contributed by atoms with Crippen molar-refractivity contribution >= 4 is 11.6 Å². The molecule has 0 N–H and O–H groups in total. The maximum atomic E-state index is 11.7. The highest BCUT2D eigenvalue weighted by Gasteiger charge is 2.21. The first kappa shape index (κ1) is 10.6. The number of Topliss-reactive ketones (excluding diaryl/α,β-unsaturated/α-hetero) is 1. The average Bonchev–Trinajstić information content (AvgIpc) is 2.15. The summed E-state index contributed by atoms with van der Waals surface area (Å²) in [4.78, 5) is 23.1. The minimum atomic E-state index is -0.0402. The molecule has 0 heterocycles. The third-order valence-corrected chi connectivity index (χ3v) is 2.36. The van der Waals surface area contributed by atoms with E-state index in [1.807, 2.05) is 19.1 Å². The van der Waals surface area contributed by atoms with Crippen LogP contribution in [0.4, 0.5) is 0 Å². The van der Waals surface area contributed by atoms with Gasteiger partial charge in [0.1, 0.15) is 0 Å². The van der Waals surface area contributed by atoms with Crippen LogP contribution in [0.5, 0.6) is 0 Å². The highest BCUT2D eigenvalue weighted by molar-refractivity contribution is 6.22. The number of allylic oxidation sites excluding steroid dienone is 6. The molecule has 0 aromatic carbocycles. The lowest BCUT2D eigenvalue weighted by Crippen LogP contribution is -2.16. The molecule has 1 rings (SSSR count). The maximum Gasteiger partial charge on any atom is 0.185 e. The molecule has 0 atom stereocenters. The molecule has 2 heteroatoms. The van der Waals surface area contributed by atoms with Crippen molar-refractivity contribution in [2.75, 3.05) is 0 Å². The second-order valence-electron chi connectivity index (χ2n) is 3.40. The monoisotopic (exact) mass is 190 g/mol. The van der Waals surface area contributed by atoms with Gasteiger partial charge < -0.3 is 0 Å². The van der Waals surface area contributed by atoms with Gasteiger partial charge in [-0.2, -0.15) is 0 Å². The Kier molecular flexibility index (Phi) is 3.18. The first-order chi connectivity index (χ1) is 6.57. The zero-order valence-corrected chi connectivity index (χ0v) is 8.76. The van der Waals surface area contributed by atoms with Crippen molar-refractivity contribution < 1.29 is 9.59 Å². The van der Waals surface area contributed by atoms with Gasteiger partial charge in [-0.3, -0.25) is 9.59 Å². The summed E-state index contributed by atoms with van der Waals surface area (Å²) in [5.41, 5.74) is 1.76. The minimum Gasteiger partial charge on any atom is -0.290 e. The number of rotatable bonds is 2. The molecule has 0 unspecified atom stereocenters. The van der Waals surface area contributed by atoms with Crippen LogP contribution >= 0.6 is 0 Å². The van der Waals surface area contributed by atoms with Crippen LogP contribution in [0.1, 0.15) is 27.2 Å². The molecule has 0 bridgehead atoms. The van der Waals surface area contributed by atoms with Crippen molar-refractivity contribution in [1.29, 1.82) is 0 Å². The first-order valence-electron chi connectivity index (χ1n) is 4.66. The highest BCUT2D eigenvalue weighted by atomic mass is 16.1. The SMILES string of the molecule is C/C=C/CC1=C(C)C(=O)C=C(C)C1=O. The van der Waals surface area contributed by atoms with E-state index in [2.05, 4.69) is 0 Å². The summed E-state index contributed by atoms with van der Waals surface area (Å²) in [6, 6.07) is 0. The van der Waals surface area contributed by atoms with Crippen LogP contribution in [0.2, 0.25) is 0 Å². The lowest BCUT2D eigenvalue weighted by Gasteiger charge is -2.13. The van der Waals surface area contributed by atoms with Gasteiger partial charge in [0.05, 0.1) is 0 Å². The predicted octanol–water partition coefficient (Wildman–Crippen LogP) is 2.37. The predicted molar refractivity (Wildman–Crippen MR) is 55.9 cm³/mol. The second kappa shape index (κ2) is 4.18. The fourth-order valence-electron chi connectivity index (χ4n) is 1.41. The van der Waals surface area contributed by atoms with Crippen LogP contribution in [0, 0.1) is 0 Å². The van der Waals surface area contributed by atoms with E-state index in [1.54, 1.807) is 13.8 Å². The zero-order chi connectivity index (χ0) is 10.7. The summed E-state index contributed by atoms with van der Waals surface area (Å²) in [6.07, 6.45) is 5.74. The van der Waals surface area contributed by atoms with E-state index in [0.29, 0.717) is 23.1 Å². The van der Waals surface area contributed by atoms with E-state index in [0.717, 1.165) is 0 Å². The third-order valence-electron chi connectivity index (χ3n) is 2.36. The molecule has 0 amide bonds. The number of hydrogen-bond acceptors (Lipinski definition) is 2. The molecule has 0 radical (unpaired) electrons. The van der Waals surface area contributed by atoms with Crippen molar-refractivity contribution in [2.24, 2.45) is 0 Å². The van der Waals surface area contributed by atoms with E-state index >= 15 is 0 Å². The topological polar surface area (TPSA) is 34.1 Å². The Labute approximate surface area is 84.0 Å². The molecule has 0 saturated carbocycles. The Balaban J connectivity index is 3.05. The second-order valence-corrected chi connectivity index (χ2v) is 3.40. The van der Waals surface area contributed by atoms with Gasteiger partial charge in [0, 0.05) is 16.7 Å². The van der Waals surface area contributed by atoms with Crippen molar-refractivity contribution in [3.05, 3.63) is 34.9 Å². The van der Waals surface area contributed by atoms with E-state index in [1.165, 1.54) is 6.08 Å². The molecular weight excluding hydrogens is 176 g/mol. The van der Waals surface area contributed by atoms with E-state index in [-0.39, 0.29) is 11.6 Å². The van der Waals surface area contributed by atoms with Crippen LogP contribution in [0.3, 0.4) is 0 Å². The number of ketones is 2. The standard InChI is InChI=1S/C12H14O2/c1-4-5-6-10-9(3)11(13)7-8(2)12(10)14/h4-5,7H,6H2,1-3H3/b5-4+. The van der Waals surface area contributed by atoms with Gasteiger partial charge in [-0.1, -0.05) is 12.2 Å². The quantitative estimate of drug-likeness (QED) is 0.495. The lowest BCUT2D eigenvalue weighted by molar-refractivity contribution is -0.115. The molecule has 0 aromatic rings. The molecule has 0 aromatic heterocycles. The molecule has 1 aliphatic carbocycles. The Morgan fingerprint density at radius 1 is 1.29 bits per heavy atom. The van der Waals surface area contributed by atoms with Gasteiger partial charge in [0.25, 0.3) is 0 Å². The summed E-state index contributed by atoms with van der Waals surface area (Å²) < 4.78 is 0. The molecule has 0 spiro atoms. The van der Waals surface area contributed by atoms with Crippen molar-refractivity contribution in [3.8, 4) is 0 Å². The molecule has 14 heavy (non-hydrogen) atoms. The van der Waals surface area contributed by atoms with Gasteiger partial charge >= 0.3 is 0 Å². The third kappa shape index (κ3) is 1.90. The van der Waals surface area contributed by atoms with Gasteiger partial charge in [-0.25, -0.2) is 0 Å². The number of carbonyl (C=O) groups excluding carboxylic acids is 2. The molecular formula is C12H14O2. The molecule has 74 valence electrons. The lowest BCUT2D eigenvalue weighted by atomic mass is 9.89. The summed E-state index contributed by atoms with van der Waals surface area (Å²) in [5, 5.41) is 0. The van der Waals surface area contributed by atoms with Crippen molar-refractivity contribution in [2.45, 2.75) is 27.2 Å². The highest BCUT2D eigenvalue weighted by Crippen LogP contribution is 2.21. The average molecular weight is 190 g/mol. The Morgan fingerprint density at radius 2 is 1.93 bits per heavy atom. The van der Waals surface area contributed by atoms with Crippen molar-refractivity contribution in [1.82, 2.24) is 0 Å². The fraction of sp³-hybridized carbons (Fsp3) is 0.333. The van der Waals surface area contributed by atoms with E-state index in [4.69, 9.17) is 0 Å². The van der Waals surface area contributed by atoms with Crippen LogP contribution < -0.4 is 0 Å².